The molecule has 3 rings (SSSR count). The van der Waals surface area contributed by atoms with Gasteiger partial charge in [0.15, 0.2) is 0 Å². The van der Waals surface area contributed by atoms with Gasteiger partial charge in [-0.15, -0.1) is 10.2 Å². The Bertz CT molecular complexity index is 625. The van der Waals surface area contributed by atoms with Crippen molar-refractivity contribution in [3.05, 3.63) is 40.4 Å². The summed E-state index contributed by atoms with van der Waals surface area (Å²) in [6.45, 7) is 0. The smallest absolute Gasteiger partial charge is 0.282 e. The van der Waals surface area contributed by atoms with Gasteiger partial charge in [-0.25, -0.2) is 0 Å². The van der Waals surface area contributed by atoms with Crippen LogP contribution in [0.4, 0.5) is 5.13 Å². The zero-order valence-electron chi connectivity index (χ0n) is 11.2. The van der Waals surface area contributed by atoms with Gasteiger partial charge in [-0.05, 0) is 30.4 Å². The fourth-order valence-corrected chi connectivity index (χ4v) is 3.08. The van der Waals surface area contributed by atoms with Gasteiger partial charge in [-0.1, -0.05) is 35.6 Å². The number of rotatable bonds is 3. The van der Waals surface area contributed by atoms with E-state index in [9.17, 15) is 4.79 Å². The molecule has 2 N–H and O–H groups in total. The Kier molecular flexibility index (Phi) is 3.64. The van der Waals surface area contributed by atoms with Crippen LogP contribution in [0.25, 0.3) is 0 Å². The molecule has 5 nitrogen and oxygen atoms in total. The third kappa shape index (κ3) is 2.65. The average molecular weight is 288 g/mol. The molecule has 0 saturated carbocycles. The standard InChI is InChI=1S/C14H16N4OS/c1-15-14-18-17-13(20-14)12(19)16-11-7-6-9-4-2-3-5-10(9)8-11/h2-5,11H,6-8H2,1H3,(H,15,18)(H,16,19). The Morgan fingerprint density at radius 1 is 1.30 bits per heavy atom. The van der Waals surface area contributed by atoms with Gasteiger partial charge in [-0.2, -0.15) is 0 Å². The summed E-state index contributed by atoms with van der Waals surface area (Å²) in [5.41, 5.74) is 2.73. The Balaban J connectivity index is 1.66. The normalized spacial score (nSPS) is 17.4. The number of aromatic nitrogens is 2. The first kappa shape index (κ1) is 13.1. The summed E-state index contributed by atoms with van der Waals surface area (Å²) in [4.78, 5) is 12.1. The third-order valence-corrected chi connectivity index (χ3v) is 4.45. The van der Waals surface area contributed by atoms with Crippen LogP contribution in [0.2, 0.25) is 0 Å². The lowest BCUT2D eigenvalue weighted by atomic mass is 9.88. The molecule has 1 aromatic carbocycles. The van der Waals surface area contributed by atoms with Crippen molar-refractivity contribution < 1.29 is 4.79 Å². The second-order valence-corrected chi connectivity index (χ2v) is 5.82. The number of nitrogens with zero attached hydrogens (tertiary/aromatic N) is 2. The highest BCUT2D eigenvalue weighted by Gasteiger charge is 2.22. The predicted octanol–water partition coefficient (Wildman–Crippen LogP) is 1.87. The van der Waals surface area contributed by atoms with Crippen LogP contribution in [0.15, 0.2) is 24.3 Å². The van der Waals surface area contributed by atoms with Crippen molar-refractivity contribution in [3.63, 3.8) is 0 Å². The average Bonchev–Trinajstić information content (AvgIpc) is 2.96. The molecule has 0 aliphatic heterocycles. The molecule has 0 fully saturated rings. The molecule has 1 unspecified atom stereocenters. The molecule has 104 valence electrons. The summed E-state index contributed by atoms with van der Waals surface area (Å²) in [5, 5.41) is 14.8. The second kappa shape index (κ2) is 5.58. The van der Waals surface area contributed by atoms with E-state index in [0.717, 1.165) is 19.3 Å². The number of carbonyl (C=O) groups is 1. The molecule has 20 heavy (non-hydrogen) atoms. The SMILES string of the molecule is CNc1nnc(C(=O)NC2CCc3ccccc3C2)s1. The Morgan fingerprint density at radius 3 is 2.85 bits per heavy atom. The number of aryl methyl sites for hydroxylation is 1. The lowest BCUT2D eigenvalue weighted by Gasteiger charge is -2.25. The van der Waals surface area contributed by atoms with Gasteiger partial charge in [0.1, 0.15) is 0 Å². The van der Waals surface area contributed by atoms with Crippen LogP contribution < -0.4 is 10.6 Å². The quantitative estimate of drug-likeness (QED) is 0.905. The van der Waals surface area contributed by atoms with Gasteiger partial charge < -0.3 is 10.6 Å². The van der Waals surface area contributed by atoms with Gasteiger partial charge in [-0.3, -0.25) is 4.79 Å². The molecule has 1 aromatic heterocycles. The lowest BCUT2D eigenvalue weighted by Crippen LogP contribution is -2.38. The summed E-state index contributed by atoms with van der Waals surface area (Å²) >= 11 is 1.27. The number of nitrogens with one attached hydrogen (secondary N) is 2. The molecule has 0 bridgehead atoms. The van der Waals surface area contributed by atoms with E-state index < -0.39 is 0 Å². The summed E-state index contributed by atoms with van der Waals surface area (Å²) in [5.74, 6) is -0.131. The van der Waals surface area contributed by atoms with E-state index in [1.165, 1.54) is 22.5 Å². The molecule has 0 spiro atoms. The van der Waals surface area contributed by atoms with Crippen molar-refractivity contribution in [2.75, 3.05) is 12.4 Å². The van der Waals surface area contributed by atoms with Crippen LogP contribution >= 0.6 is 11.3 Å². The number of anilines is 1. The summed E-state index contributed by atoms with van der Waals surface area (Å²) < 4.78 is 0. The highest BCUT2D eigenvalue weighted by atomic mass is 32.1. The number of hydrogen-bond acceptors (Lipinski definition) is 5. The maximum absolute atomic E-state index is 12.1. The van der Waals surface area contributed by atoms with Crippen molar-refractivity contribution in [1.29, 1.82) is 0 Å². The third-order valence-electron chi connectivity index (χ3n) is 3.52. The number of hydrogen-bond donors (Lipinski definition) is 2. The van der Waals surface area contributed by atoms with Crippen LogP contribution in [0.5, 0.6) is 0 Å². The molecular formula is C14H16N4OS. The zero-order valence-corrected chi connectivity index (χ0v) is 12.0. The number of fused-ring (bicyclic) bond motifs is 1. The van der Waals surface area contributed by atoms with E-state index >= 15 is 0 Å². The molecule has 2 aromatic rings. The molecule has 1 heterocycles. The molecule has 1 atom stereocenters. The van der Waals surface area contributed by atoms with E-state index in [1.54, 1.807) is 7.05 Å². The summed E-state index contributed by atoms with van der Waals surface area (Å²) in [6.07, 6.45) is 2.87. The van der Waals surface area contributed by atoms with Crippen LogP contribution in [0.1, 0.15) is 27.3 Å². The van der Waals surface area contributed by atoms with Gasteiger partial charge >= 0.3 is 0 Å². The number of amides is 1. The molecule has 1 amide bonds. The first-order valence-corrected chi connectivity index (χ1v) is 7.47. The van der Waals surface area contributed by atoms with Crippen LogP contribution in [-0.2, 0) is 12.8 Å². The minimum Gasteiger partial charge on any atom is -0.363 e. The maximum Gasteiger partial charge on any atom is 0.282 e. The van der Waals surface area contributed by atoms with E-state index in [4.69, 9.17) is 0 Å². The van der Waals surface area contributed by atoms with Crippen molar-refractivity contribution in [3.8, 4) is 0 Å². The fraction of sp³-hybridized carbons (Fsp3) is 0.357. The largest absolute Gasteiger partial charge is 0.363 e. The Morgan fingerprint density at radius 2 is 2.10 bits per heavy atom. The van der Waals surface area contributed by atoms with E-state index in [2.05, 4.69) is 39.0 Å². The lowest BCUT2D eigenvalue weighted by molar-refractivity contribution is 0.0932. The van der Waals surface area contributed by atoms with E-state index in [1.807, 2.05) is 6.07 Å². The Labute approximate surface area is 121 Å². The molecule has 0 radical (unpaired) electrons. The highest BCUT2D eigenvalue weighted by molar-refractivity contribution is 7.17. The topological polar surface area (TPSA) is 66.9 Å². The van der Waals surface area contributed by atoms with Crippen LogP contribution in [-0.4, -0.2) is 29.2 Å². The Hall–Kier alpha value is -1.95. The minimum atomic E-state index is -0.131. The van der Waals surface area contributed by atoms with E-state index in [-0.39, 0.29) is 11.9 Å². The molecule has 1 aliphatic rings. The van der Waals surface area contributed by atoms with Crippen molar-refractivity contribution >= 4 is 22.4 Å². The first-order valence-electron chi connectivity index (χ1n) is 6.65. The summed E-state index contributed by atoms with van der Waals surface area (Å²) in [6, 6.07) is 8.60. The number of benzene rings is 1. The molecular weight excluding hydrogens is 272 g/mol. The van der Waals surface area contributed by atoms with Crippen molar-refractivity contribution in [2.24, 2.45) is 0 Å². The van der Waals surface area contributed by atoms with Gasteiger partial charge in [0.05, 0.1) is 0 Å². The minimum absolute atomic E-state index is 0.131. The second-order valence-electron chi connectivity index (χ2n) is 4.84. The highest BCUT2D eigenvalue weighted by Crippen LogP contribution is 2.22. The monoisotopic (exact) mass is 288 g/mol. The number of carbonyl (C=O) groups excluding carboxylic acids is 1. The zero-order chi connectivity index (χ0) is 13.9. The summed E-state index contributed by atoms with van der Waals surface area (Å²) in [7, 11) is 1.76. The van der Waals surface area contributed by atoms with Crippen LogP contribution in [0, 0.1) is 0 Å². The van der Waals surface area contributed by atoms with Crippen molar-refractivity contribution in [1.82, 2.24) is 15.5 Å². The molecule has 1 aliphatic carbocycles. The van der Waals surface area contributed by atoms with Gasteiger partial charge in [0.25, 0.3) is 5.91 Å². The molecule has 6 heteroatoms. The molecule has 0 saturated heterocycles. The van der Waals surface area contributed by atoms with Gasteiger partial charge in [0.2, 0.25) is 10.1 Å². The fourth-order valence-electron chi connectivity index (χ4n) is 2.48. The maximum atomic E-state index is 12.1. The van der Waals surface area contributed by atoms with Crippen LogP contribution in [0.3, 0.4) is 0 Å². The van der Waals surface area contributed by atoms with Crippen molar-refractivity contribution in [2.45, 2.75) is 25.3 Å². The first-order chi connectivity index (χ1) is 9.76. The van der Waals surface area contributed by atoms with Gasteiger partial charge in [0, 0.05) is 13.1 Å². The predicted molar refractivity (Wildman–Crippen MR) is 79.2 cm³/mol. The van der Waals surface area contributed by atoms with E-state index in [0.29, 0.717) is 10.1 Å².